The average Bonchev–Trinajstić information content (AvgIpc) is 3.86. The molecule has 0 unspecified atom stereocenters. The molecule has 0 atom stereocenters. The normalized spacial score (nSPS) is 11.7. The molecule has 0 fully saturated rings. The molecule has 0 spiro atoms. The van der Waals surface area contributed by atoms with Crippen LogP contribution in [0.1, 0.15) is 0 Å². The van der Waals surface area contributed by atoms with Crippen molar-refractivity contribution in [2.24, 2.45) is 0 Å². The molecule has 0 radical (unpaired) electrons. The zero-order chi connectivity index (χ0) is 38.9. The first-order chi connectivity index (χ1) is 29.3. The number of nitrogens with zero attached hydrogens (tertiary/aromatic N) is 2. The lowest BCUT2D eigenvalue weighted by molar-refractivity contribution is 0.672. The molecular weight excluding hydrogens is 717 g/mol. The van der Waals surface area contributed by atoms with E-state index in [4.69, 9.17) is 4.42 Å². The van der Waals surface area contributed by atoms with Gasteiger partial charge >= 0.3 is 0 Å². The first-order valence-corrected chi connectivity index (χ1v) is 20.2. The van der Waals surface area contributed by atoms with Crippen LogP contribution >= 0.6 is 0 Å². The van der Waals surface area contributed by atoms with Gasteiger partial charge in [-0.25, -0.2) is 0 Å². The van der Waals surface area contributed by atoms with Crippen LogP contribution in [0.4, 0.5) is 17.1 Å². The van der Waals surface area contributed by atoms with Crippen molar-refractivity contribution in [2.75, 3.05) is 4.90 Å². The van der Waals surface area contributed by atoms with Crippen molar-refractivity contribution in [3.05, 3.63) is 218 Å². The van der Waals surface area contributed by atoms with E-state index < -0.39 is 0 Å². The van der Waals surface area contributed by atoms with E-state index in [2.05, 4.69) is 228 Å². The van der Waals surface area contributed by atoms with E-state index in [0.717, 1.165) is 66.6 Å². The molecule has 3 nitrogen and oxygen atoms in total. The van der Waals surface area contributed by atoms with Gasteiger partial charge in [0.25, 0.3) is 0 Å². The monoisotopic (exact) mass is 752 g/mol. The topological polar surface area (TPSA) is 21.3 Å². The minimum absolute atomic E-state index is 0.860. The summed E-state index contributed by atoms with van der Waals surface area (Å²) in [5.74, 6) is 0. The smallest absolute Gasteiger partial charge is 0.143 e. The third-order valence-corrected chi connectivity index (χ3v) is 11.9. The van der Waals surface area contributed by atoms with E-state index in [1.54, 1.807) is 0 Å². The maximum atomic E-state index is 6.76. The van der Waals surface area contributed by atoms with Crippen molar-refractivity contribution in [3.8, 4) is 27.9 Å². The van der Waals surface area contributed by atoms with E-state index in [1.165, 1.54) is 43.7 Å². The molecule has 0 bridgehead atoms. The summed E-state index contributed by atoms with van der Waals surface area (Å²) < 4.78 is 9.15. The maximum Gasteiger partial charge on any atom is 0.143 e. The quantitative estimate of drug-likeness (QED) is 0.169. The predicted molar refractivity (Wildman–Crippen MR) is 249 cm³/mol. The molecule has 10 aromatic carbocycles. The highest BCUT2D eigenvalue weighted by atomic mass is 16.3. The molecule has 0 saturated carbocycles. The van der Waals surface area contributed by atoms with Gasteiger partial charge in [0.15, 0.2) is 0 Å². The fourth-order valence-corrected chi connectivity index (χ4v) is 9.37. The summed E-state index contributed by atoms with van der Waals surface area (Å²) in [4.78, 5) is 2.41. The van der Waals surface area contributed by atoms with Crippen LogP contribution in [0.3, 0.4) is 0 Å². The van der Waals surface area contributed by atoms with Crippen LogP contribution in [-0.2, 0) is 0 Å². The summed E-state index contributed by atoms with van der Waals surface area (Å²) >= 11 is 0. The Labute approximate surface area is 341 Å². The number of benzene rings is 10. The second-order valence-corrected chi connectivity index (χ2v) is 15.3. The standard InChI is InChI=1S/C56H36N2O/c1-2-20-41(21-3-1)58-50-29-9-8-26-48(50)54-46(28-13-30-51(54)58)40-19-11-23-43(36-40)57(42-22-10-18-39(35-42)45-27-12-17-37-15-4-6-24-44(37)45)52-31-14-32-53-55(52)49-34-33-38-16-5-7-25-47(38)56(49)59-53/h1-36H. The molecule has 0 aliphatic rings. The number of para-hydroxylation sites is 2. The molecule has 12 aromatic rings. The molecule has 0 aliphatic heterocycles. The lowest BCUT2D eigenvalue weighted by atomic mass is 9.97. The molecule has 0 saturated heterocycles. The Kier molecular flexibility index (Phi) is 7.54. The predicted octanol–water partition coefficient (Wildman–Crippen LogP) is 15.8. The summed E-state index contributed by atoms with van der Waals surface area (Å²) in [6.07, 6.45) is 0. The van der Waals surface area contributed by atoms with Gasteiger partial charge in [0.2, 0.25) is 0 Å². The number of aromatic nitrogens is 1. The van der Waals surface area contributed by atoms with Gasteiger partial charge in [-0.3, -0.25) is 0 Å². The van der Waals surface area contributed by atoms with E-state index in [-0.39, 0.29) is 0 Å². The zero-order valence-corrected chi connectivity index (χ0v) is 32.1. The first kappa shape index (κ1) is 33.3. The largest absolute Gasteiger partial charge is 0.455 e. The second-order valence-electron chi connectivity index (χ2n) is 15.3. The molecule has 2 heterocycles. The number of anilines is 3. The third-order valence-electron chi connectivity index (χ3n) is 11.9. The van der Waals surface area contributed by atoms with Gasteiger partial charge < -0.3 is 13.9 Å². The van der Waals surface area contributed by atoms with Crippen LogP contribution in [0.5, 0.6) is 0 Å². The summed E-state index contributed by atoms with van der Waals surface area (Å²) in [6.45, 7) is 0. The number of rotatable bonds is 6. The summed E-state index contributed by atoms with van der Waals surface area (Å²) in [7, 11) is 0. The number of hydrogen-bond donors (Lipinski definition) is 0. The molecule has 2 aromatic heterocycles. The Balaban J connectivity index is 1.11. The molecule has 0 N–H and O–H groups in total. The molecule has 3 heteroatoms. The van der Waals surface area contributed by atoms with Crippen LogP contribution in [0.25, 0.3) is 93.2 Å². The van der Waals surface area contributed by atoms with E-state index >= 15 is 0 Å². The number of hydrogen-bond acceptors (Lipinski definition) is 2. The lowest BCUT2D eigenvalue weighted by Gasteiger charge is -2.27. The highest BCUT2D eigenvalue weighted by molar-refractivity contribution is 6.20. The Morgan fingerprint density at radius 1 is 0.373 bits per heavy atom. The van der Waals surface area contributed by atoms with E-state index in [9.17, 15) is 0 Å². The van der Waals surface area contributed by atoms with Gasteiger partial charge in [0.05, 0.1) is 22.1 Å². The van der Waals surface area contributed by atoms with Gasteiger partial charge in [0, 0.05) is 38.6 Å². The maximum absolute atomic E-state index is 6.76. The first-order valence-electron chi connectivity index (χ1n) is 20.2. The Hall–Kier alpha value is -7.88. The third kappa shape index (κ3) is 5.29. The summed E-state index contributed by atoms with van der Waals surface area (Å²) in [5.41, 5.74) is 13.2. The van der Waals surface area contributed by atoms with Gasteiger partial charge in [-0.1, -0.05) is 152 Å². The average molecular weight is 753 g/mol. The molecule has 12 rings (SSSR count). The number of furan rings is 1. The fraction of sp³-hybridized carbons (Fsp3) is 0. The van der Waals surface area contributed by atoms with Crippen molar-refractivity contribution >= 4 is 82.4 Å². The van der Waals surface area contributed by atoms with Crippen molar-refractivity contribution in [1.29, 1.82) is 0 Å². The minimum atomic E-state index is 0.860. The highest BCUT2D eigenvalue weighted by Gasteiger charge is 2.22. The van der Waals surface area contributed by atoms with Gasteiger partial charge in [-0.2, -0.15) is 0 Å². The SMILES string of the molecule is c1ccc(-n2c3ccccc3c3c(-c4cccc(N(c5cccc(-c6cccc7ccccc67)c5)c5cccc6oc7c8ccccc8ccc7c56)c4)cccc32)cc1. The molecular formula is C56H36N2O. The van der Waals surface area contributed by atoms with Gasteiger partial charge in [-0.05, 0) is 105 Å². The molecule has 59 heavy (non-hydrogen) atoms. The van der Waals surface area contributed by atoms with Crippen LogP contribution in [0.2, 0.25) is 0 Å². The molecule has 276 valence electrons. The lowest BCUT2D eigenvalue weighted by Crippen LogP contribution is -2.10. The fourth-order valence-electron chi connectivity index (χ4n) is 9.37. The van der Waals surface area contributed by atoms with E-state index in [0.29, 0.717) is 0 Å². The Morgan fingerprint density at radius 2 is 0.966 bits per heavy atom. The van der Waals surface area contributed by atoms with Crippen molar-refractivity contribution < 1.29 is 4.42 Å². The minimum Gasteiger partial charge on any atom is -0.455 e. The second kappa shape index (κ2) is 13.4. The van der Waals surface area contributed by atoms with Gasteiger partial charge in [0.1, 0.15) is 11.2 Å². The summed E-state index contributed by atoms with van der Waals surface area (Å²) in [5, 5.41) is 9.39. The van der Waals surface area contributed by atoms with Crippen molar-refractivity contribution in [3.63, 3.8) is 0 Å². The van der Waals surface area contributed by atoms with Crippen LogP contribution in [0.15, 0.2) is 223 Å². The summed E-state index contributed by atoms with van der Waals surface area (Å²) in [6, 6.07) is 78.7. The number of fused-ring (bicyclic) bond motifs is 9. The highest BCUT2D eigenvalue weighted by Crippen LogP contribution is 2.47. The van der Waals surface area contributed by atoms with Gasteiger partial charge in [-0.15, -0.1) is 0 Å². The van der Waals surface area contributed by atoms with Crippen molar-refractivity contribution in [1.82, 2.24) is 4.57 Å². The van der Waals surface area contributed by atoms with Crippen LogP contribution < -0.4 is 4.90 Å². The Bertz CT molecular complexity index is 3570. The van der Waals surface area contributed by atoms with Crippen molar-refractivity contribution in [2.45, 2.75) is 0 Å². The zero-order valence-electron chi connectivity index (χ0n) is 32.1. The molecule has 0 amide bonds. The van der Waals surface area contributed by atoms with E-state index in [1.807, 2.05) is 0 Å². The Morgan fingerprint density at radius 3 is 1.78 bits per heavy atom. The molecule has 0 aliphatic carbocycles. The van der Waals surface area contributed by atoms with Crippen LogP contribution in [-0.4, -0.2) is 4.57 Å². The van der Waals surface area contributed by atoms with Crippen LogP contribution in [0, 0.1) is 0 Å².